The van der Waals surface area contributed by atoms with Gasteiger partial charge in [0.15, 0.2) is 0 Å². The van der Waals surface area contributed by atoms with Crippen LogP contribution in [0.3, 0.4) is 0 Å². The van der Waals surface area contributed by atoms with Gasteiger partial charge in [0.05, 0.1) is 11.3 Å². The first-order valence-corrected chi connectivity index (χ1v) is 5.82. The minimum atomic E-state index is -4.27. The molecule has 7 heteroatoms. The SMILES string of the molecule is CO/N=C1\C=CC=CC1=N.Nc1ccc(C(F)(F)F)cc1. The van der Waals surface area contributed by atoms with Gasteiger partial charge in [0.2, 0.25) is 0 Å². The summed E-state index contributed by atoms with van der Waals surface area (Å²) in [5.41, 5.74) is 5.80. The fourth-order valence-corrected chi connectivity index (χ4v) is 1.32. The van der Waals surface area contributed by atoms with Crippen molar-refractivity contribution in [2.24, 2.45) is 5.16 Å². The molecule has 1 aliphatic rings. The maximum absolute atomic E-state index is 11.9. The van der Waals surface area contributed by atoms with Gasteiger partial charge in [-0.3, -0.25) is 5.41 Å². The van der Waals surface area contributed by atoms with Crippen LogP contribution in [0.5, 0.6) is 0 Å². The molecule has 112 valence electrons. The van der Waals surface area contributed by atoms with Crippen LogP contribution in [0.1, 0.15) is 5.56 Å². The van der Waals surface area contributed by atoms with Gasteiger partial charge >= 0.3 is 6.18 Å². The third-order valence-corrected chi connectivity index (χ3v) is 2.33. The Morgan fingerprint density at radius 1 is 1.10 bits per heavy atom. The first kappa shape index (κ1) is 16.5. The minimum Gasteiger partial charge on any atom is -0.399 e. The van der Waals surface area contributed by atoms with Gasteiger partial charge in [-0.15, -0.1) is 0 Å². The van der Waals surface area contributed by atoms with Crippen molar-refractivity contribution in [3.8, 4) is 0 Å². The summed E-state index contributed by atoms with van der Waals surface area (Å²) in [6.07, 6.45) is 2.73. The zero-order valence-electron chi connectivity index (χ0n) is 11.2. The number of hydrogen-bond acceptors (Lipinski definition) is 4. The van der Waals surface area contributed by atoms with Crippen LogP contribution >= 0.6 is 0 Å². The lowest BCUT2D eigenvalue weighted by Crippen LogP contribution is -2.09. The van der Waals surface area contributed by atoms with Crippen LogP contribution in [0.4, 0.5) is 18.9 Å². The van der Waals surface area contributed by atoms with Crippen LogP contribution in [0, 0.1) is 5.41 Å². The summed E-state index contributed by atoms with van der Waals surface area (Å²) in [5, 5.41) is 10.9. The number of alkyl halides is 3. The Hall–Kier alpha value is -2.57. The van der Waals surface area contributed by atoms with Gasteiger partial charge in [-0.1, -0.05) is 17.3 Å². The molecule has 1 aliphatic carbocycles. The van der Waals surface area contributed by atoms with E-state index < -0.39 is 11.7 Å². The molecule has 4 nitrogen and oxygen atoms in total. The standard InChI is InChI=1S/C7H6F3N.C7H8N2O/c8-7(9,10)5-1-3-6(11)4-2-5;1-10-9-7-5-3-2-4-6(7)8/h1-4H,11H2;2-5,8H,1H3/b;8-6?,9-7+. The Kier molecular flexibility index (Phi) is 5.71. The van der Waals surface area contributed by atoms with Gasteiger partial charge in [-0.05, 0) is 36.4 Å². The predicted octanol–water partition coefficient (Wildman–Crippen LogP) is 3.42. The average Bonchev–Trinajstić information content (AvgIpc) is 2.42. The van der Waals surface area contributed by atoms with Crippen molar-refractivity contribution in [1.29, 1.82) is 5.41 Å². The highest BCUT2D eigenvalue weighted by molar-refractivity contribution is 6.49. The third-order valence-electron chi connectivity index (χ3n) is 2.33. The first-order valence-electron chi connectivity index (χ1n) is 5.82. The Morgan fingerprint density at radius 2 is 1.67 bits per heavy atom. The fraction of sp³-hybridized carbons (Fsp3) is 0.143. The molecule has 3 N–H and O–H groups in total. The number of nitrogens with one attached hydrogen (secondary N) is 1. The highest BCUT2D eigenvalue weighted by atomic mass is 19.4. The predicted molar refractivity (Wildman–Crippen MR) is 76.3 cm³/mol. The number of oxime groups is 1. The number of anilines is 1. The van der Waals surface area contributed by atoms with E-state index in [1.807, 2.05) is 6.08 Å². The van der Waals surface area contributed by atoms with Crippen LogP contribution in [0.15, 0.2) is 53.7 Å². The number of allylic oxidation sites excluding steroid dienone is 4. The lowest BCUT2D eigenvalue weighted by molar-refractivity contribution is -0.137. The van der Waals surface area contributed by atoms with Crippen LogP contribution in [0.2, 0.25) is 0 Å². The molecule has 1 aromatic rings. The van der Waals surface area contributed by atoms with Crippen LogP contribution < -0.4 is 5.73 Å². The van der Waals surface area contributed by atoms with Crippen LogP contribution in [0.25, 0.3) is 0 Å². The lowest BCUT2D eigenvalue weighted by Gasteiger charge is -2.05. The van der Waals surface area contributed by atoms with Gasteiger partial charge in [-0.25, -0.2) is 0 Å². The van der Waals surface area contributed by atoms with E-state index in [1.54, 1.807) is 18.2 Å². The molecule has 1 aromatic carbocycles. The Morgan fingerprint density at radius 3 is 2.14 bits per heavy atom. The quantitative estimate of drug-likeness (QED) is 0.473. The van der Waals surface area contributed by atoms with Crippen molar-refractivity contribution in [2.45, 2.75) is 6.18 Å². The summed E-state index contributed by atoms with van der Waals surface area (Å²) in [7, 11) is 1.46. The molecule has 0 saturated heterocycles. The topological polar surface area (TPSA) is 71.5 Å². The smallest absolute Gasteiger partial charge is 0.399 e. The molecule has 0 bridgehead atoms. The van der Waals surface area contributed by atoms with Crippen molar-refractivity contribution in [2.75, 3.05) is 12.8 Å². The molecule has 0 amide bonds. The van der Waals surface area contributed by atoms with Crippen molar-refractivity contribution in [3.05, 3.63) is 54.1 Å². The third kappa shape index (κ3) is 5.52. The van der Waals surface area contributed by atoms with Gasteiger partial charge in [0.1, 0.15) is 12.8 Å². The van der Waals surface area contributed by atoms with E-state index in [-0.39, 0.29) is 0 Å². The minimum absolute atomic E-state index is 0.331. The molecular formula is C14H14F3N3O. The molecule has 0 radical (unpaired) electrons. The second kappa shape index (κ2) is 7.28. The zero-order chi connectivity index (χ0) is 15.9. The van der Waals surface area contributed by atoms with E-state index in [0.29, 0.717) is 17.1 Å². The van der Waals surface area contributed by atoms with E-state index >= 15 is 0 Å². The molecule has 0 aliphatic heterocycles. The van der Waals surface area contributed by atoms with Crippen molar-refractivity contribution in [1.82, 2.24) is 0 Å². The second-order valence-corrected chi connectivity index (χ2v) is 3.91. The molecule has 2 rings (SSSR count). The molecule has 0 spiro atoms. The van der Waals surface area contributed by atoms with E-state index in [4.69, 9.17) is 11.1 Å². The summed E-state index contributed by atoms with van der Waals surface area (Å²) in [6.45, 7) is 0. The number of nitrogens with two attached hydrogens (primary N) is 1. The molecular weight excluding hydrogens is 283 g/mol. The fourth-order valence-electron chi connectivity index (χ4n) is 1.32. The highest BCUT2D eigenvalue weighted by Crippen LogP contribution is 2.29. The van der Waals surface area contributed by atoms with E-state index in [9.17, 15) is 13.2 Å². The Balaban J connectivity index is 0.000000211. The number of rotatable bonds is 1. The summed E-state index contributed by atoms with van der Waals surface area (Å²) < 4.78 is 35.6. The highest BCUT2D eigenvalue weighted by Gasteiger charge is 2.29. The molecule has 21 heavy (non-hydrogen) atoms. The molecule has 0 fully saturated rings. The van der Waals surface area contributed by atoms with Gasteiger partial charge in [-0.2, -0.15) is 13.2 Å². The number of benzene rings is 1. The second-order valence-electron chi connectivity index (χ2n) is 3.91. The maximum Gasteiger partial charge on any atom is 0.416 e. The molecule has 0 atom stereocenters. The van der Waals surface area contributed by atoms with E-state index in [0.717, 1.165) is 12.1 Å². The molecule has 0 unspecified atom stereocenters. The summed E-state index contributed by atoms with van der Waals surface area (Å²) in [4.78, 5) is 4.51. The van der Waals surface area contributed by atoms with Gasteiger partial charge in [0.25, 0.3) is 0 Å². The van der Waals surface area contributed by atoms with E-state index in [1.165, 1.54) is 19.2 Å². The number of nitrogens with zero attached hydrogens (tertiary/aromatic N) is 1. The summed E-state index contributed by atoms with van der Waals surface area (Å²) >= 11 is 0. The van der Waals surface area contributed by atoms with Crippen molar-refractivity contribution in [3.63, 3.8) is 0 Å². The Labute approximate surface area is 119 Å². The maximum atomic E-state index is 11.9. The van der Waals surface area contributed by atoms with Crippen molar-refractivity contribution >= 4 is 17.1 Å². The monoisotopic (exact) mass is 297 g/mol. The zero-order valence-corrected chi connectivity index (χ0v) is 11.2. The molecule has 0 heterocycles. The van der Waals surface area contributed by atoms with Crippen LogP contribution in [-0.4, -0.2) is 18.5 Å². The molecule has 0 aromatic heterocycles. The van der Waals surface area contributed by atoms with Crippen LogP contribution in [-0.2, 0) is 11.0 Å². The van der Waals surface area contributed by atoms with Crippen molar-refractivity contribution < 1.29 is 18.0 Å². The number of nitrogen functional groups attached to an aromatic ring is 1. The number of halogens is 3. The summed E-state index contributed by atoms with van der Waals surface area (Å²) in [6, 6.07) is 4.36. The normalized spacial score (nSPS) is 15.6. The number of hydrogen-bond donors (Lipinski definition) is 2. The van der Waals surface area contributed by atoms with Gasteiger partial charge < -0.3 is 10.6 Å². The lowest BCUT2D eigenvalue weighted by atomic mass is 10.1. The summed E-state index contributed by atoms with van der Waals surface area (Å²) in [5.74, 6) is 0. The largest absolute Gasteiger partial charge is 0.416 e. The van der Waals surface area contributed by atoms with E-state index in [2.05, 4.69) is 9.99 Å². The average molecular weight is 297 g/mol. The molecule has 0 saturated carbocycles. The first-order chi connectivity index (χ1) is 9.84. The Bertz CT molecular complexity index is 572. The van der Waals surface area contributed by atoms with Gasteiger partial charge in [0, 0.05) is 5.69 Å².